The van der Waals surface area contributed by atoms with Crippen molar-refractivity contribution in [1.29, 1.82) is 0 Å². The van der Waals surface area contributed by atoms with Crippen LogP contribution in [0.25, 0.3) is 16.9 Å². The zero-order chi connectivity index (χ0) is 22.5. The highest BCUT2D eigenvalue weighted by Gasteiger charge is 2.20. The molecule has 0 fully saturated rings. The molecule has 2 aromatic carbocycles. The van der Waals surface area contributed by atoms with Crippen LogP contribution in [-0.2, 0) is 4.74 Å². The summed E-state index contributed by atoms with van der Waals surface area (Å²) in [7, 11) is 0. The number of pyridine rings is 1. The molecule has 0 aliphatic heterocycles. The topological polar surface area (TPSA) is 86.1 Å². The minimum absolute atomic E-state index is 0.234. The number of ether oxygens (including phenoxy) is 1. The number of nitrogens with one attached hydrogen (secondary N) is 1. The van der Waals surface area contributed by atoms with Gasteiger partial charge in [0, 0.05) is 6.20 Å². The molecule has 0 unspecified atom stereocenters. The van der Waals surface area contributed by atoms with E-state index in [-0.39, 0.29) is 18.1 Å². The van der Waals surface area contributed by atoms with E-state index in [9.17, 15) is 9.59 Å². The van der Waals surface area contributed by atoms with Gasteiger partial charge in [-0.15, -0.1) is 0 Å². The number of rotatable bonds is 6. The van der Waals surface area contributed by atoms with E-state index in [1.807, 2.05) is 54.6 Å². The van der Waals surface area contributed by atoms with Crippen LogP contribution in [0, 0.1) is 6.92 Å². The standard InChI is InChI=1S/C25H22N4O3/c1-3-32-25(31)20-15-19(18-9-5-4-6-10-18)12-13-22(20)28-24(30)21-16-27-29(17(21)2)23-11-7-8-14-26-23/h4-16H,3H2,1-2H3,(H,28,30). The lowest BCUT2D eigenvalue weighted by molar-refractivity contribution is 0.0527. The van der Waals surface area contributed by atoms with Gasteiger partial charge in [-0.3, -0.25) is 4.79 Å². The molecular weight excluding hydrogens is 404 g/mol. The molecule has 0 bridgehead atoms. The van der Waals surface area contributed by atoms with Gasteiger partial charge in [-0.05, 0) is 49.2 Å². The first-order valence-electron chi connectivity index (χ1n) is 10.2. The molecule has 0 saturated carbocycles. The van der Waals surface area contributed by atoms with Gasteiger partial charge in [-0.1, -0.05) is 42.5 Å². The maximum absolute atomic E-state index is 13.0. The molecule has 0 atom stereocenters. The summed E-state index contributed by atoms with van der Waals surface area (Å²) in [5, 5.41) is 7.13. The first kappa shape index (κ1) is 21.0. The van der Waals surface area contributed by atoms with Gasteiger partial charge >= 0.3 is 5.97 Å². The maximum Gasteiger partial charge on any atom is 0.340 e. The second-order valence-corrected chi connectivity index (χ2v) is 7.04. The highest BCUT2D eigenvalue weighted by Crippen LogP contribution is 2.27. The van der Waals surface area contributed by atoms with Crippen LogP contribution in [0.1, 0.15) is 33.3 Å². The van der Waals surface area contributed by atoms with Gasteiger partial charge in [-0.2, -0.15) is 5.10 Å². The Morgan fingerprint density at radius 2 is 1.75 bits per heavy atom. The van der Waals surface area contributed by atoms with Crippen molar-refractivity contribution < 1.29 is 14.3 Å². The van der Waals surface area contributed by atoms with E-state index >= 15 is 0 Å². The molecule has 4 aromatic rings. The van der Waals surface area contributed by atoms with Crippen LogP contribution in [0.5, 0.6) is 0 Å². The summed E-state index contributed by atoms with van der Waals surface area (Å²) in [6.07, 6.45) is 3.15. The number of hydrogen-bond acceptors (Lipinski definition) is 5. The summed E-state index contributed by atoms with van der Waals surface area (Å²) in [6, 6.07) is 20.5. The smallest absolute Gasteiger partial charge is 0.340 e. The summed E-state index contributed by atoms with van der Waals surface area (Å²) in [5.74, 6) is -0.257. The average molecular weight is 426 g/mol. The number of aromatic nitrogens is 3. The molecule has 160 valence electrons. The van der Waals surface area contributed by atoms with Crippen molar-refractivity contribution in [3.8, 4) is 16.9 Å². The van der Waals surface area contributed by atoms with Gasteiger partial charge in [0.15, 0.2) is 5.82 Å². The summed E-state index contributed by atoms with van der Waals surface area (Å²) < 4.78 is 6.81. The zero-order valence-corrected chi connectivity index (χ0v) is 17.8. The summed E-state index contributed by atoms with van der Waals surface area (Å²) in [5.41, 5.74) is 3.50. The largest absolute Gasteiger partial charge is 0.462 e. The average Bonchev–Trinajstić information content (AvgIpc) is 3.22. The highest BCUT2D eigenvalue weighted by atomic mass is 16.5. The van der Waals surface area contributed by atoms with Crippen molar-refractivity contribution >= 4 is 17.6 Å². The summed E-state index contributed by atoms with van der Waals surface area (Å²) >= 11 is 0. The lowest BCUT2D eigenvalue weighted by atomic mass is 10.0. The van der Waals surface area contributed by atoms with Crippen molar-refractivity contribution in [2.75, 3.05) is 11.9 Å². The third-order valence-electron chi connectivity index (χ3n) is 4.99. The Balaban J connectivity index is 1.66. The van der Waals surface area contributed by atoms with Crippen LogP contribution in [0.3, 0.4) is 0 Å². The van der Waals surface area contributed by atoms with E-state index < -0.39 is 5.97 Å². The zero-order valence-electron chi connectivity index (χ0n) is 17.8. The normalized spacial score (nSPS) is 10.6. The second kappa shape index (κ2) is 9.26. The summed E-state index contributed by atoms with van der Waals surface area (Å²) in [4.78, 5) is 29.9. The van der Waals surface area contributed by atoms with Crippen LogP contribution in [0.15, 0.2) is 79.1 Å². The van der Waals surface area contributed by atoms with Crippen molar-refractivity contribution in [3.05, 3.63) is 95.9 Å². The molecule has 1 N–H and O–H groups in total. The minimum atomic E-state index is -0.499. The molecule has 0 saturated heterocycles. The fraction of sp³-hybridized carbons (Fsp3) is 0.120. The predicted molar refractivity (Wildman–Crippen MR) is 122 cm³/mol. The molecule has 0 aliphatic carbocycles. The predicted octanol–water partition coefficient (Wildman–Crippen LogP) is 4.67. The third-order valence-corrected chi connectivity index (χ3v) is 4.99. The van der Waals surface area contributed by atoms with E-state index in [1.54, 1.807) is 36.9 Å². The molecular formula is C25H22N4O3. The monoisotopic (exact) mass is 426 g/mol. The van der Waals surface area contributed by atoms with Gasteiger partial charge in [-0.25, -0.2) is 14.5 Å². The van der Waals surface area contributed by atoms with Gasteiger partial charge in [0.1, 0.15) is 0 Å². The van der Waals surface area contributed by atoms with Crippen LogP contribution in [0.4, 0.5) is 5.69 Å². The van der Waals surface area contributed by atoms with Gasteiger partial charge in [0.2, 0.25) is 0 Å². The second-order valence-electron chi connectivity index (χ2n) is 7.04. The van der Waals surface area contributed by atoms with Crippen LogP contribution >= 0.6 is 0 Å². The molecule has 2 aromatic heterocycles. The third kappa shape index (κ3) is 4.27. The number of benzene rings is 2. The lowest BCUT2D eigenvalue weighted by Crippen LogP contribution is -2.17. The summed E-state index contributed by atoms with van der Waals surface area (Å²) in [6.45, 7) is 3.77. The molecule has 0 aliphatic rings. The number of carbonyl (C=O) groups is 2. The Bertz CT molecular complexity index is 1250. The Morgan fingerprint density at radius 1 is 0.969 bits per heavy atom. The molecule has 7 nitrogen and oxygen atoms in total. The first-order valence-corrected chi connectivity index (χ1v) is 10.2. The number of carbonyl (C=O) groups excluding carboxylic acids is 2. The fourth-order valence-electron chi connectivity index (χ4n) is 3.37. The van der Waals surface area contributed by atoms with Crippen molar-refractivity contribution in [2.24, 2.45) is 0 Å². The molecule has 4 rings (SSSR count). The quantitative estimate of drug-likeness (QED) is 0.453. The molecule has 0 spiro atoms. The van der Waals surface area contributed by atoms with E-state index in [0.29, 0.717) is 22.8 Å². The Morgan fingerprint density at radius 3 is 2.47 bits per heavy atom. The molecule has 7 heteroatoms. The van der Waals surface area contributed by atoms with Gasteiger partial charge in [0.05, 0.1) is 35.3 Å². The fourth-order valence-corrected chi connectivity index (χ4v) is 3.37. The van der Waals surface area contributed by atoms with E-state index in [1.165, 1.54) is 6.20 Å². The molecule has 1 amide bonds. The van der Waals surface area contributed by atoms with E-state index in [2.05, 4.69) is 15.4 Å². The molecule has 2 heterocycles. The van der Waals surface area contributed by atoms with Gasteiger partial charge < -0.3 is 10.1 Å². The van der Waals surface area contributed by atoms with Crippen molar-refractivity contribution in [1.82, 2.24) is 14.8 Å². The Hall–Kier alpha value is -4.26. The number of nitrogens with zero attached hydrogens (tertiary/aromatic N) is 3. The maximum atomic E-state index is 13.0. The first-order chi connectivity index (χ1) is 15.6. The van der Waals surface area contributed by atoms with E-state index in [0.717, 1.165) is 11.1 Å². The number of anilines is 1. The van der Waals surface area contributed by atoms with Crippen molar-refractivity contribution in [2.45, 2.75) is 13.8 Å². The van der Waals surface area contributed by atoms with Gasteiger partial charge in [0.25, 0.3) is 5.91 Å². The number of amides is 1. The van der Waals surface area contributed by atoms with E-state index in [4.69, 9.17) is 4.74 Å². The number of hydrogen-bond donors (Lipinski definition) is 1. The van der Waals surface area contributed by atoms with Crippen molar-refractivity contribution in [3.63, 3.8) is 0 Å². The van der Waals surface area contributed by atoms with Crippen LogP contribution in [0.2, 0.25) is 0 Å². The number of esters is 1. The van der Waals surface area contributed by atoms with Crippen LogP contribution < -0.4 is 5.32 Å². The Labute approximate surface area is 185 Å². The van der Waals surface area contributed by atoms with Crippen LogP contribution in [-0.4, -0.2) is 33.2 Å². The Kier molecular flexibility index (Phi) is 6.07. The SMILES string of the molecule is CCOC(=O)c1cc(-c2ccccc2)ccc1NC(=O)c1cnn(-c2ccccn2)c1C. The molecule has 0 radical (unpaired) electrons. The highest BCUT2D eigenvalue weighted by molar-refractivity contribution is 6.09. The lowest BCUT2D eigenvalue weighted by Gasteiger charge is -2.13. The molecule has 32 heavy (non-hydrogen) atoms. The minimum Gasteiger partial charge on any atom is -0.462 e.